The molecule has 1 aliphatic carbocycles. The number of benzene rings is 2. The molecule has 37 heavy (non-hydrogen) atoms. The van der Waals surface area contributed by atoms with Crippen molar-refractivity contribution < 1.29 is 14.4 Å². The van der Waals surface area contributed by atoms with E-state index in [1.54, 1.807) is 17.2 Å². The van der Waals surface area contributed by atoms with E-state index >= 15 is 0 Å². The van der Waals surface area contributed by atoms with Crippen molar-refractivity contribution in [2.75, 3.05) is 22.1 Å². The van der Waals surface area contributed by atoms with Crippen molar-refractivity contribution >= 4 is 45.8 Å². The standard InChI is InChI=1S/C29H21N5O3/c35-24-11-18-14-34(23-5-1-4-20(32-24)25(18)23)27(36)21-7-6-15-9-16-12-29(13-17(16)10-22(15)31-21)19-3-2-8-30-26(19)33-28(29)37/h1-10,18H,11-14H2,(H,32,35)(H,30,33,37)/t18?,29-/m0/s1. The average Bonchev–Trinajstić information content (AvgIpc) is 3.54. The van der Waals surface area contributed by atoms with Crippen LogP contribution in [0.5, 0.6) is 0 Å². The lowest BCUT2D eigenvalue weighted by Gasteiger charge is -2.20. The summed E-state index contributed by atoms with van der Waals surface area (Å²) in [6.45, 7) is 0.466. The molecule has 2 atom stereocenters. The minimum atomic E-state index is -0.647. The summed E-state index contributed by atoms with van der Waals surface area (Å²) in [5, 5.41) is 6.81. The van der Waals surface area contributed by atoms with Gasteiger partial charge in [0.05, 0.1) is 10.9 Å². The Kier molecular flexibility index (Phi) is 3.90. The second kappa shape index (κ2) is 7.00. The van der Waals surface area contributed by atoms with E-state index in [1.165, 1.54) is 0 Å². The molecule has 5 heterocycles. The number of hydrogen-bond donors (Lipinski definition) is 2. The molecule has 1 spiro atoms. The summed E-state index contributed by atoms with van der Waals surface area (Å²) in [5.41, 5.74) is 6.25. The summed E-state index contributed by atoms with van der Waals surface area (Å²) in [5.74, 6) is 0.429. The van der Waals surface area contributed by atoms with Crippen molar-refractivity contribution in [2.24, 2.45) is 0 Å². The van der Waals surface area contributed by atoms with Gasteiger partial charge in [0.1, 0.15) is 11.5 Å². The fraction of sp³-hybridized carbons (Fsp3) is 0.207. The van der Waals surface area contributed by atoms with E-state index in [-0.39, 0.29) is 23.6 Å². The minimum absolute atomic E-state index is 0.00117. The highest BCUT2D eigenvalue weighted by atomic mass is 16.2. The Morgan fingerprint density at radius 1 is 1.00 bits per heavy atom. The Morgan fingerprint density at radius 3 is 2.76 bits per heavy atom. The maximum Gasteiger partial charge on any atom is 0.276 e. The fourth-order valence-corrected chi connectivity index (χ4v) is 6.67. The lowest BCUT2D eigenvalue weighted by Crippen LogP contribution is -2.35. The number of anilines is 3. The lowest BCUT2D eigenvalue weighted by atomic mass is 9.79. The van der Waals surface area contributed by atoms with Gasteiger partial charge in [-0.1, -0.05) is 18.2 Å². The first kappa shape index (κ1) is 20.6. The molecular formula is C29H21N5O3. The van der Waals surface area contributed by atoms with Crippen molar-refractivity contribution in [3.63, 3.8) is 0 Å². The molecule has 180 valence electrons. The Hall–Kier alpha value is -4.59. The molecule has 0 fully saturated rings. The number of rotatable bonds is 1. The first-order valence-electron chi connectivity index (χ1n) is 12.4. The van der Waals surface area contributed by atoms with Gasteiger partial charge < -0.3 is 15.5 Å². The molecule has 3 aliphatic heterocycles. The predicted molar refractivity (Wildman–Crippen MR) is 138 cm³/mol. The maximum atomic E-state index is 13.6. The summed E-state index contributed by atoms with van der Waals surface area (Å²) >= 11 is 0. The molecule has 0 radical (unpaired) electrons. The summed E-state index contributed by atoms with van der Waals surface area (Å²) < 4.78 is 0. The topological polar surface area (TPSA) is 104 Å². The second-order valence-corrected chi connectivity index (χ2v) is 10.4. The van der Waals surface area contributed by atoms with Gasteiger partial charge in [-0.2, -0.15) is 0 Å². The van der Waals surface area contributed by atoms with Gasteiger partial charge in [0.25, 0.3) is 5.91 Å². The van der Waals surface area contributed by atoms with Gasteiger partial charge in [-0.05, 0) is 60.4 Å². The fourth-order valence-electron chi connectivity index (χ4n) is 6.67. The zero-order valence-corrected chi connectivity index (χ0v) is 19.7. The summed E-state index contributed by atoms with van der Waals surface area (Å²) in [6, 6.07) is 17.3. The van der Waals surface area contributed by atoms with E-state index in [0.717, 1.165) is 44.5 Å². The van der Waals surface area contributed by atoms with Gasteiger partial charge in [0.2, 0.25) is 11.8 Å². The number of aromatic nitrogens is 2. The molecule has 2 aromatic carbocycles. The summed E-state index contributed by atoms with van der Waals surface area (Å²) in [7, 11) is 0. The summed E-state index contributed by atoms with van der Waals surface area (Å²) in [6.07, 6.45) is 3.26. The number of amides is 3. The Morgan fingerprint density at radius 2 is 1.86 bits per heavy atom. The van der Waals surface area contributed by atoms with Crippen LogP contribution in [-0.4, -0.2) is 34.2 Å². The van der Waals surface area contributed by atoms with E-state index in [4.69, 9.17) is 4.98 Å². The van der Waals surface area contributed by atoms with E-state index in [1.807, 2.05) is 42.5 Å². The predicted octanol–water partition coefficient (Wildman–Crippen LogP) is 3.70. The molecule has 8 nitrogen and oxygen atoms in total. The smallest absolute Gasteiger partial charge is 0.276 e. The number of nitrogens with one attached hydrogen (secondary N) is 2. The molecule has 4 aliphatic rings. The van der Waals surface area contributed by atoms with Crippen LogP contribution in [0.25, 0.3) is 10.9 Å². The SMILES string of the molecule is O=C1CC2CN(C(=O)c3ccc4cc5c(cc4n3)C[C@]3(C5)C(=O)Nc4ncccc43)c3cccc(c32)N1. The maximum absolute atomic E-state index is 13.6. The van der Waals surface area contributed by atoms with Gasteiger partial charge in [-0.25, -0.2) is 9.97 Å². The summed E-state index contributed by atoms with van der Waals surface area (Å²) in [4.78, 5) is 49.7. The molecule has 2 aromatic heterocycles. The van der Waals surface area contributed by atoms with Crippen LogP contribution >= 0.6 is 0 Å². The van der Waals surface area contributed by atoms with Crippen LogP contribution in [0.1, 0.15) is 45.1 Å². The van der Waals surface area contributed by atoms with Crippen molar-refractivity contribution in [1.82, 2.24) is 9.97 Å². The molecule has 8 rings (SSSR count). The first-order chi connectivity index (χ1) is 18.0. The van der Waals surface area contributed by atoms with E-state index in [0.29, 0.717) is 37.3 Å². The molecule has 8 heteroatoms. The van der Waals surface area contributed by atoms with Crippen molar-refractivity contribution in [3.05, 3.63) is 88.7 Å². The number of pyridine rings is 2. The van der Waals surface area contributed by atoms with Crippen molar-refractivity contribution in [1.29, 1.82) is 0 Å². The molecule has 0 bridgehead atoms. The third-order valence-electron chi connectivity index (χ3n) is 8.34. The monoisotopic (exact) mass is 487 g/mol. The van der Waals surface area contributed by atoms with Crippen LogP contribution in [0.2, 0.25) is 0 Å². The highest BCUT2D eigenvalue weighted by Gasteiger charge is 2.51. The lowest BCUT2D eigenvalue weighted by molar-refractivity contribution is -0.120. The quantitative estimate of drug-likeness (QED) is 0.426. The van der Waals surface area contributed by atoms with Gasteiger partial charge in [-0.15, -0.1) is 0 Å². The van der Waals surface area contributed by atoms with Crippen molar-refractivity contribution in [3.8, 4) is 0 Å². The van der Waals surface area contributed by atoms with Gasteiger partial charge >= 0.3 is 0 Å². The molecule has 3 amide bonds. The van der Waals surface area contributed by atoms with Gasteiger partial charge in [0.15, 0.2) is 0 Å². The van der Waals surface area contributed by atoms with Gasteiger partial charge in [-0.3, -0.25) is 14.4 Å². The Balaban J connectivity index is 1.15. The normalized spacial score (nSPS) is 22.6. The van der Waals surface area contributed by atoms with Crippen LogP contribution in [0, 0.1) is 0 Å². The molecule has 0 saturated heterocycles. The Labute approximate surface area is 211 Å². The van der Waals surface area contributed by atoms with E-state index in [9.17, 15) is 14.4 Å². The third-order valence-corrected chi connectivity index (χ3v) is 8.34. The highest BCUT2D eigenvalue weighted by Crippen LogP contribution is 2.48. The zero-order chi connectivity index (χ0) is 24.9. The number of carbonyl (C=O) groups excluding carboxylic acids is 3. The van der Waals surface area contributed by atoms with Crippen LogP contribution in [0.3, 0.4) is 0 Å². The van der Waals surface area contributed by atoms with Crippen LogP contribution < -0.4 is 15.5 Å². The van der Waals surface area contributed by atoms with Crippen LogP contribution in [0.4, 0.5) is 17.2 Å². The molecule has 2 N–H and O–H groups in total. The molecular weight excluding hydrogens is 466 g/mol. The average molecular weight is 488 g/mol. The van der Waals surface area contributed by atoms with E-state index in [2.05, 4.69) is 21.7 Å². The number of fused-ring (bicyclic) bond motifs is 4. The van der Waals surface area contributed by atoms with Crippen LogP contribution in [0.15, 0.2) is 60.8 Å². The third kappa shape index (κ3) is 2.75. The highest BCUT2D eigenvalue weighted by molar-refractivity contribution is 6.10. The van der Waals surface area contributed by atoms with E-state index < -0.39 is 5.41 Å². The minimum Gasteiger partial charge on any atom is -0.326 e. The molecule has 0 saturated carbocycles. The van der Waals surface area contributed by atoms with Crippen molar-refractivity contribution in [2.45, 2.75) is 30.6 Å². The largest absolute Gasteiger partial charge is 0.326 e. The van der Waals surface area contributed by atoms with Crippen LogP contribution in [-0.2, 0) is 27.8 Å². The molecule has 4 aromatic rings. The molecule has 1 unspecified atom stereocenters. The first-order valence-corrected chi connectivity index (χ1v) is 12.4. The number of hydrogen-bond acceptors (Lipinski definition) is 5. The number of nitrogens with zero attached hydrogens (tertiary/aromatic N) is 3. The Bertz CT molecular complexity index is 1730. The van der Waals surface area contributed by atoms with Gasteiger partial charge in [0, 0.05) is 53.0 Å². The zero-order valence-electron chi connectivity index (χ0n) is 19.7. The second-order valence-electron chi connectivity index (χ2n) is 10.4. The number of carbonyl (C=O) groups is 3.